The summed E-state index contributed by atoms with van der Waals surface area (Å²) in [6.07, 6.45) is 5.94. The molecule has 22 heavy (non-hydrogen) atoms. The first-order chi connectivity index (χ1) is 10.8. The van der Waals surface area contributed by atoms with Crippen molar-refractivity contribution in [2.45, 2.75) is 20.0 Å². The average molecular weight is 301 g/mol. The Morgan fingerprint density at radius 3 is 2.82 bits per heavy atom. The van der Waals surface area contributed by atoms with Crippen LogP contribution in [0.4, 0.5) is 11.6 Å². The zero-order valence-corrected chi connectivity index (χ0v) is 13.3. The van der Waals surface area contributed by atoms with Gasteiger partial charge in [0.1, 0.15) is 18.0 Å². The first kappa shape index (κ1) is 14.8. The van der Waals surface area contributed by atoms with Gasteiger partial charge >= 0.3 is 0 Å². The summed E-state index contributed by atoms with van der Waals surface area (Å²) in [5, 5.41) is 0. The van der Waals surface area contributed by atoms with E-state index in [0.717, 1.165) is 51.0 Å². The summed E-state index contributed by atoms with van der Waals surface area (Å²) in [4.78, 5) is 13.2. The molecule has 0 aliphatic carbocycles. The van der Waals surface area contributed by atoms with Crippen LogP contribution < -0.4 is 9.80 Å². The number of nitrogens with zero attached hydrogens (tertiary/aromatic N) is 5. The number of hydrogen-bond acceptors (Lipinski definition) is 5. The Morgan fingerprint density at radius 2 is 2.09 bits per heavy atom. The van der Waals surface area contributed by atoms with Gasteiger partial charge < -0.3 is 19.1 Å². The van der Waals surface area contributed by atoms with Crippen molar-refractivity contribution >= 4 is 11.6 Å². The molecular formula is C16H23N5O. The molecule has 6 heteroatoms. The third kappa shape index (κ3) is 3.39. The van der Waals surface area contributed by atoms with E-state index in [2.05, 4.69) is 62.8 Å². The second-order valence-electron chi connectivity index (χ2n) is 5.54. The van der Waals surface area contributed by atoms with Gasteiger partial charge in [0.25, 0.3) is 0 Å². The molecule has 0 amide bonds. The van der Waals surface area contributed by atoms with E-state index in [4.69, 9.17) is 4.74 Å². The zero-order valence-electron chi connectivity index (χ0n) is 13.3. The first-order valence-electron chi connectivity index (χ1n) is 7.77. The molecule has 0 aromatic carbocycles. The molecule has 3 rings (SSSR count). The first-order valence-corrected chi connectivity index (χ1v) is 7.77. The summed E-state index contributed by atoms with van der Waals surface area (Å²) in [7, 11) is 2.06. The maximum atomic E-state index is 5.39. The fourth-order valence-corrected chi connectivity index (χ4v) is 2.65. The third-order valence-electron chi connectivity index (χ3n) is 3.96. The zero-order chi connectivity index (χ0) is 15.4. The van der Waals surface area contributed by atoms with Gasteiger partial charge in [-0.1, -0.05) is 0 Å². The Morgan fingerprint density at radius 1 is 1.27 bits per heavy atom. The molecule has 1 fully saturated rings. The standard InChI is InChI=1S/C16H23N5O/c1-3-20-5-4-14(12-20)11-19(2)15-10-16(18-13-17-15)21-6-8-22-9-7-21/h4-5,10,12-13H,3,6-9,11H2,1-2H3. The fraction of sp³-hybridized carbons (Fsp3) is 0.500. The molecule has 6 nitrogen and oxygen atoms in total. The molecule has 0 bridgehead atoms. The lowest BCUT2D eigenvalue weighted by atomic mass is 10.3. The molecule has 0 atom stereocenters. The lowest BCUT2D eigenvalue weighted by Crippen LogP contribution is -2.36. The van der Waals surface area contributed by atoms with Crippen molar-refractivity contribution in [3.8, 4) is 0 Å². The number of hydrogen-bond donors (Lipinski definition) is 0. The summed E-state index contributed by atoms with van der Waals surface area (Å²) in [6, 6.07) is 4.21. The van der Waals surface area contributed by atoms with E-state index in [1.165, 1.54) is 5.56 Å². The molecule has 1 aliphatic rings. The van der Waals surface area contributed by atoms with Gasteiger partial charge in [0.05, 0.1) is 13.2 Å². The summed E-state index contributed by atoms with van der Waals surface area (Å²) in [5.41, 5.74) is 1.29. The van der Waals surface area contributed by atoms with E-state index in [1.807, 2.05) is 0 Å². The van der Waals surface area contributed by atoms with Crippen molar-refractivity contribution in [2.75, 3.05) is 43.2 Å². The molecule has 0 radical (unpaired) electrons. The molecule has 0 spiro atoms. The van der Waals surface area contributed by atoms with Crippen molar-refractivity contribution in [1.29, 1.82) is 0 Å². The van der Waals surface area contributed by atoms with Crippen LogP contribution in [0, 0.1) is 0 Å². The van der Waals surface area contributed by atoms with Crippen molar-refractivity contribution in [2.24, 2.45) is 0 Å². The third-order valence-corrected chi connectivity index (χ3v) is 3.96. The minimum atomic E-state index is 0.764. The number of rotatable bonds is 5. The van der Waals surface area contributed by atoms with Gasteiger partial charge in [0.15, 0.2) is 0 Å². The molecule has 3 heterocycles. The molecule has 2 aromatic rings. The maximum Gasteiger partial charge on any atom is 0.134 e. The minimum Gasteiger partial charge on any atom is -0.378 e. The average Bonchev–Trinajstić information content (AvgIpc) is 3.03. The van der Waals surface area contributed by atoms with Crippen LogP contribution >= 0.6 is 0 Å². The Balaban J connectivity index is 1.70. The lowest BCUT2D eigenvalue weighted by molar-refractivity contribution is 0.122. The van der Waals surface area contributed by atoms with Crippen LogP contribution in [-0.4, -0.2) is 47.9 Å². The van der Waals surface area contributed by atoms with E-state index in [0.29, 0.717) is 0 Å². The molecular weight excluding hydrogens is 278 g/mol. The van der Waals surface area contributed by atoms with Gasteiger partial charge in [-0.2, -0.15) is 0 Å². The van der Waals surface area contributed by atoms with Gasteiger partial charge in [0, 0.05) is 51.7 Å². The Kier molecular flexibility index (Phi) is 4.58. The molecule has 2 aromatic heterocycles. The fourth-order valence-electron chi connectivity index (χ4n) is 2.65. The largest absolute Gasteiger partial charge is 0.378 e. The van der Waals surface area contributed by atoms with E-state index >= 15 is 0 Å². The van der Waals surface area contributed by atoms with Gasteiger partial charge in [-0.3, -0.25) is 0 Å². The smallest absolute Gasteiger partial charge is 0.134 e. The summed E-state index contributed by atoms with van der Waals surface area (Å²) < 4.78 is 7.58. The molecule has 0 N–H and O–H groups in total. The lowest BCUT2D eigenvalue weighted by Gasteiger charge is -2.28. The highest BCUT2D eigenvalue weighted by atomic mass is 16.5. The van der Waals surface area contributed by atoms with Gasteiger partial charge in [-0.15, -0.1) is 0 Å². The quantitative estimate of drug-likeness (QED) is 0.842. The number of aryl methyl sites for hydroxylation is 1. The Bertz CT molecular complexity index is 606. The van der Waals surface area contributed by atoms with Crippen molar-refractivity contribution in [3.63, 3.8) is 0 Å². The van der Waals surface area contributed by atoms with Crippen LogP contribution in [0.15, 0.2) is 30.9 Å². The van der Waals surface area contributed by atoms with Crippen molar-refractivity contribution < 1.29 is 4.74 Å². The summed E-state index contributed by atoms with van der Waals surface area (Å²) in [5.74, 6) is 1.92. The number of ether oxygens (including phenoxy) is 1. The highest BCUT2D eigenvalue weighted by Gasteiger charge is 2.14. The Labute approximate surface area is 131 Å². The van der Waals surface area contributed by atoms with Crippen LogP contribution in [0.2, 0.25) is 0 Å². The van der Waals surface area contributed by atoms with Crippen LogP contribution in [0.5, 0.6) is 0 Å². The molecule has 118 valence electrons. The number of anilines is 2. The molecule has 1 aliphatic heterocycles. The predicted octanol–water partition coefficient (Wildman–Crippen LogP) is 1.77. The van der Waals surface area contributed by atoms with Gasteiger partial charge in [-0.05, 0) is 18.6 Å². The predicted molar refractivity (Wildman–Crippen MR) is 87.3 cm³/mol. The second-order valence-corrected chi connectivity index (χ2v) is 5.54. The van der Waals surface area contributed by atoms with Gasteiger partial charge in [0.2, 0.25) is 0 Å². The van der Waals surface area contributed by atoms with E-state index < -0.39 is 0 Å². The topological polar surface area (TPSA) is 46.4 Å². The second kappa shape index (κ2) is 6.79. The highest BCUT2D eigenvalue weighted by molar-refractivity contribution is 5.50. The number of morpholine rings is 1. The van der Waals surface area contributed by atoms with Crippen LogP contribution in [-0.2, 0) is 17.8 Å². The van der Waals surface area contributed by atoms with E-state index in [1.54, 1.807) is 6.33 Å². The number of aromatic nitrogens is 3. The molecule has 0 unspecified atom stereocenters. The molecule has 0 saturated carbocycles. The maximum absolute atomic E-state index is 5.39. The van der Waals surface area contributed by atoms with E-state index in [-0.39, 0.29) is 0 Å². The normalized spacial score (nSPS) is 15.1. The molecule has 1 saturated heterocycles. The van der Waals surface area contributed by atoms with Gasteiger partial charge in [-0.25, -0.2) is 9.97 Å². The SMILES string of the molecule is CCn1ccc(CN(C)c2cc(N3CCOCC3)ncn2)c1. The van der Waals surface area contributed by atoms with Crippen molar-refractivity contribution in [1.82, 2.24) is 14.5 Å². The monoisotopic (exact) mass is 301 g/mol. The van der Waals surface area contributed by atoms with Crippen LogP contribution in [0.25, 0.3) is 0 Å². The Hall–Kier alpha value is -2.08. The minimum absolute atomic E-state index is 0.764. The highest BCUT2D eigenvalue weighted by Crippen LogP contribution is 2.19. The van der Waals surface area contributed by atoms with Crippen molar-refractivity contribution in [3.05, 3.63) is 36.4 Å². The van der Waals surface area contributed by atoms with E-state index in [9.17, 15) is 0 Å². The summed E-state index contributed by atoms with van der Waals surface area (Å²) >= 11 is 0. The van der Waals surface area contributed by atoms with Crippen LogP contribution in [0.1, 0.15) is 12.5 Å². The van der Waals surface area contributed by atoms with Crippen LogP contribution in [0.3, 0.4) is 0 Å². The summed E-state index contributed by atoms with van der Waals surface area (Å²) in [6.45, 7) is 7.29.